The molecule has 110 valence electrons. The number of hydrogen-bond donors (Lipinski definition) is 1. The van der Waals surface area contributed by atoms with Gasteiger partial charge in [-0.1, -0.05) is 0 Å². The van der Waals surface area contributed by atoms with Gasteiger partial charge in [-0.25, -0.2) is 4.79 Å². The highest BCUT2D eigenvalue weighted by Gasteiger charge is 2.38. The Labute approximate surface area is 121 Å². The van der Waals surface area contributed by atoms with Gasteiger partial charge >= 0.3 is 5.97 Å². The number of rotatable bonds is 4. The maximum atomic E-state index is 11.0. The second kappa shape index (κ2) is 5.20. The fraction of sp³-hybridized carbons (Fsp3) is 0.400. The lowest BCUT2D eigenvalue weighted by Crippen LogP contribution is -2.31. The minimum atomic E-state index is -1.12. The molecule has 2 atom stereocenters. The van der Waals surface area contributed by atoms with Crippen LogP contribution in [-0.4, -0.2) is 28.6 Å². The Morgan fingerprint density at radius 2 is 2.24 bits per heavy atom. The predicted molar refractivity (Wildman–Crippen MR) is 78.2 cm³/mol. The second-order valence-corrected chi connectivity index (χ2v) is 5.66. The Morgan fingerprint density at radius 1 is 1.43 bits per heavy atom. The van der Waals surface area contributed by atoms with Crippen molar-refractivity contribution in [1.29, 1.82) is 0 Å². The number of piperidine rings is 1. The molecule has 1 aromatic rings. The van der Waals surface area contributed by atoms with Crippen molar-refractivity contribution in [3.63, 3.8) is 0 Å². The molecule has 2 unspecified atom stereocenters. The van der Waals surface area contributed by atoms with E-state index in [4.69, 9.17) is 5.11 Å². The molecule has 6 heteroatoms. The maximum Gasteiger partial charge on any atom is 0.328 e. The topological polar surface area (TPSA) is 83.7 Å². The van der Waals surface area contributed by atoms with E-state index in [1.165, 1.54) is 31.4 Å². The summed E-state index contributed by atoms with van der Waals surface area (Å²) >= 11 is 0. The van der Waals surface area contributed by atoms with Gasteiger partial charge in [0.25, 0.3) is 5.69 Å². The van der Waals surface area contributed by atoms with Crippen molar-refractivity contribution in [2.24, 2.45) is 5.92 Å². The van der Waals surface area contributed by atoms with Gasteiger partial charge in [0.2, 0.25) is 0 Å². The number of nitro groups is 1. The van der Waals surface area contributed by atoms with Crippen LogP contribution in [0.15, 0.2) is 24.3 Å². The number of anilines is 1. The fourth-order valence-corrected chi connectivity index (χ4v) is 3.42. The van der Waals surface area contributed by atoms with Gasteiger partial charge in [0, 0.05) is 30.4 Å². The van der Waals surface area contributed by atoms with E-state index >= 15 is 0 Å². The zero-order chi connectivity index (χ0) is 15.0. The van der Waals surface area contributed by atoms with Crippen LogP contribution in [0.2, 0.25) is 0 Å². The Morgan fingerprint density at radius 3 is 2.81 bits per heavy atom. The van der Waals surface area contributed by atoms with Crippen molar-refractivity contribution in [2.75, 3.05) is 11.4 Å². The predicted octanol–water partition coefficient (Wildman–Crippen LogP) is 2.68. The van der Waals surface area contributed by atoms with Crippen LogP contribution in [0.3, 0.4) is 0 Å². The van der Waals surface area contributed by atoms with E-state index in [0.29, 0.717) is 11.6 Å². The number of fused-ring (bicyclic) bond motifs is 2. The third kappa shape index (κ3) is 2.61. The molecule has 2 fully saturated rings. The number of benzene rings is 1. The first kappa shape index (κ1) is 13.6. The summed E-state index contributed by atoms with van der Waals surface area (Å²) in [5.74, 6) is -0.391. The molecule has 1 saturated heterocycles. The smallest absolute Gasteiger partial charge is 0.328 e. The summed E-state index contributed by atoms with van der Waals surface area (Å²) in [6.07, 6.45) is 5.85. The molecule has 2 aliphatic rings. The average molecular weight is 288 g/mol. The molecule has 1 aliphatic heterocycles. The van der Waals surface area contributed by atoms with Gasteiger partial charge in [0.15, 0.2) is 0 Å². The standard InChI is InChI=1S/C15H16N2O4/c18-15(19)6-2-11-8-13(4-5-14(11)17(20)21)16-9-10-1-3-12(16)7-10/h2,4-6,8,10,12H,1,3,7,9H2,(H,18,19)/b6-2+. The lowest BCUT2D eigenvalue weighted by molar-refractivity contribution is -0.385. The molecule has 1 saturated carbocycles. The minimum absolute atomic E-state index is 0.0689. The number of aliphatic carboxylic acids is 1. The highest BCUT2D eigenvalue weighted by molar-refractivity contribution is 5.86. The Balaban J connectivity index is 1.94. The van der Waals surface area contributed by atoms with Gasteiger partial charge in [-0.05, 0) is 43.4 Å². The van der Waals surface area contributed by atoms with Crippen molar-refractivity contribution in [3.05, 3.63) is 40.0 Å². The molecule has 1 aromatic carbocycles. The zero-order valence-corrected chi connectivity index (χ0v) is 11.4. The van der Waals surface area contributed by atoms with Crippen LogP contribution in [0.1, 0.15) is 24.8 Å². The number of carboxylic acids is 1. The molecule has 0 radical (unpaired) electrons. The molecule has 1 N–H and O–H groups in total. The van der Waals surface area contributed by atoms with Gasteiger partial charge in [-0.3, -0.25) is 10.1 Å². The van der Waals surface area contributed by atoms with Gasteiger partial charge < -0.3 is 10.0 Å². The van der Waals surface area contributed by atoms with E-state index in [2.05, 4.69) is 4.90 Å². The fourth-order valence-electron chi connectivity index (χ4n) is 3.42. The molecule has 0 spiro atoms. The minimum Gasteiger partial charge on any atom is -0.478 e. The quantitative estimate of drug-likeness (QED) is 0.523. The molecule has 1 aliphatic carbocycles. The van der Waals surface area contributed by atoms with E-state index in [0.717, 1.165) is 24.2 Å². The highest BCUT2D eigenvalue weighted by atomic mass is 16.6. The van der Waals surface area contributed by atoms with Gasteiger partial charge in [0.05, 0.1) is 10.5 Å². The van der Waals surface area contributed by atoms with Crippen LogP contribution in [0, 0.1) is 16.0 Å². The SMILES string of the molecule is O=C(O)/C=C/c1cc(N2CC3CCC2C3)ccc1[N+](=O)[O-]. The number of carboxylic acid groups (broad SMARTS) is 1. The molecule has 0 amide bonds. The van der Waals surface area contributed by atoms with Crippen molar-refractivity contribution >= 4 is 23.4 Å². The summed E-state index contributed by atoms with van der Waals surface area (Å²) in [7, 11) is 0. The molecule has 2 bridgehead atoms. The normalized spacial score (nSPS) is 23.9. The Hall–Kier alpha value is -2.37. The molecular weight excluding hydrogens is 272 g/mol. The average Bonchev–Trinajstić information content (AvgIpc) is 3.07. The summed E-state index contributed by atoms with van der Waals surface area (Å²) in [6.45, 7) is 0.991. The Kier molecular flexibility index (Phi) is 3.37. The van der Waals surface area contributed by atoms with E-state index in [1.807, 2.05) is 0 Å². The molecular formula is C15H16N2O4. The van der Waals surface area contributed by atoms with Crippen molar-refractivity contribution in [1.82, 2.24) is 0 Å². The van der Waals surface area contributed by atoms with E-state index in [-0.39, 0.29) is 5.69 Å². The summed E-state index contributed by atoms with van der Waals surface area (Å²) in [5, 5.41) is 19.7. The lowest BCUT2D eigenvalue weighted by Gasteiger charge is -2.29. The first-order valence-corrected chi connectivity index (χ1v) is 7.00. The van der Waals surface area contributed by atoms with Crippen molar-refractivity contribution in [3.8, 4) is 0 Å². The number of hydrogen-bond acceptors (Lipinski definition) is 4. The second-order valence-electron chi connectivity index (χ2n) is 5.66. The summed E-state index contributed by atoms with van der Waals surface area (Å²) in [6, 6.07) is 5.46. The van der Waals surface area contributed by atoms with Gasteiger partial charge in [-0.15, -0.1) is 0 Å². The first-order chi connectivity index (χ1) is 10.0. The van der Waals surface area contributed by atoms with Crippen molar-refractivity contribution < 1.29 is 14.8 Å². The third-order valence-corrected chi connectivity index (χ3v) is 4.35. The van der Waals surface area contributed by atoms with Crippen LogP contribution in [0.4, 0.5) is 11.4 Å². The largest absolute Gasteiger partial charge is 0.478 e. The number of nitro benzene ring substituents is 1. The summed E-state index contributed by atoms with van der Waals surface area (Å²) < 4.78 is 0. The van der Waals surface area contributed by atoms with Crippen LogP contribution < -0.4 is 4.90 Å². The molecule has 6 nitrogen and oxygen atoms in total. The molecule has 3 rings (SSSR count). The molecule has 21 heavy (non-hydrogen) atoms. The van der Waals surface area contributed by atoms with Crippen LogP contribution in [0.25, 0.3) is 6.08 Å². The summed E-state index contributed by atoms with van der Waals surface area (Å²) in [4.78, 5) is 23.5. The Bertz CT molecular complexity index is 626. The van der Waals surface area contributed by atoms with Gasteiger partial charge in [0.1, 0.15) is 0 Å². The third-order valence-electron chi connectivity index (χ3n) is 4.35. The van der Waals surface area contributed by atoms with E-state index < -0.39 is 10.9 Å². The van der Waals surface area contributed by atoms with Crippen molar-refractivity contribution in [2.45, 2.75) is 25.3 Å². The van der Waals surface area contributed by atoms with E-state index in [9.17, 15) is 14.9 Å². The van der Waals surface area contributed by atoms with Crippen LogP contribution in [0.5, 0.6) is 0 Å². The number of carbonyl (C=O) groups is 1. The number of nitrogens with zero attached hydrogens (tertiary/aromatic N) is 2. The maximum absolute atomic E-state index is 11.0. The molecule has 0 aromatic heterocycles. The van der Waals surface area contributed by atoms with Crippen LogP contribution >= 0.6 is 0 Å². The summed E-state index contributed by atoms with van der Waals surface area (Å²) in [5.41, 5.74) is 1.21. The lowest BCUT2D eigenvalue weighted by atomic mass is 10.1. The molecule has 1 heterocycles. The highest BCUT2D eigenvalue weighted by Crippen LogP contribution is 2.41. The monoisotopic (exact) mass is 288 g/mol. The van der Waals surface area contributed by atoms with Gasteiger partial charge in [-0.2, -0.15) is 0 Å². The zero-order valence-electron chi connectivity index (χ0n) is 11.4. The van der Waals surface area contributed by atoms with E-state index in [1.54, 1.807) is 12.1 Å². The first-order valence-electron chi connectivity index (χ1n) is 7.00. The van der Waals surface area contributed by atoms with Crippen LogP contribution in [-0.2, 0) is 4.79 Å².